The van der Waals surface area contributed by atoms with Gasteiger partial charge in [0.15, 0.2) is 0 Å². The van der Waals surface area contributed by atoms with Crippen LogP contribution in [0.4, 0.5) is 10.5 Å². The summed E-state index contributed by atoms with van der Waals surface area (Å²) >= 11 is 0. The molecule has 0 aromatic heterocycles. The van der Waals surface area contributed by atoms with Crippen molar-refractivity contribution in [1.82, 2.24) is 0 Å². The number of nitrogens with two attached hydrogens (primary N) is 1. The Labute approximate surface area is 140 Å². The molecule has 7 heteroatoms. The summed E-state index contributed by atoms with van der Waals surface area (Å²) in [4.78, 5) is 13.7. The number of fused-ring (bicyclic) bond motifs is 1. The third-order valence-corrected chi connectivity index (χ3v) is 4.83. The van der Waals surface area contributed by atoms with E-state index in [0.717, 1.165) is 16.7 Å². The largest absolute Gasteiger partial charge is 0.444 e. The van der Waals surface area contributed by atoms with Crippen molar-refractivity contribution in [2.24, 2.45) is 5.14 Å². The normalized spacial score (nSPS) is 13.7. The molecule has 2 aromatic rings. The molecule has 2 N–H and O–H groups in total. The number of nitrogens with zero attached hydrogens (tertiary/aromatic N) is 1. The van der Waals surface area contributed by atoms with Gasteiger partial charge in [0.2, 0.25) is 10.0 Å². The molecule has 1 aliphatic rings. The zero-order valence-electron chi connectivity index (χ0n) is 13.2. The van der Waals surface area contributed by atoms with Crippen LogP contribution in [0.2, 0.25) is 0 Å². The minimum Gasteiger partial charge on any atom is -0.444 e. The number of sulfonamides is 1. The first-order chi connectivity index (χ1) is 11.4. The lowest BCUT2D eigenvalue weighted by Gasteiger charge is -2.19. The molecule has 24 heavy (non-hydrogen) atoms. The van der Waals surface area contributed by atoms with E-state index in [4.69, 9.17) is 9.88 Å². The van der Waals surface area contributed by atoms with Gasteiger partial charge in [0.1, 0.15) is 11.5 Å². The number of hydrogen-bond acceptors (Lipinski definition) is 4. The third kappa shape index (κ3) is 3.27. The lowest BCUT2D eigenvalue weighted by atomic mass is 10.1. The second kappa shape index (κ2) is 6.26. The molecule has 0 saturated heterocycles. The molecular weight excluding hydrogens is 328 g/mol. The molecule has 0 spiro atoms. The Morgan fingerprint density at radius 1 is 1.25 bits per heavy atom. The number of benzene rings is 2. The number of carbonyl (C=O) groups excluding carboxylic acids is 1. The van der Waals surface area contributed by atoms with E-state index >= 15 is 0 Å². The Balaban J connectivity index is 1.87. The van der Waals surface area contributed by atoms with Gasteiger partial charge in [0, 0.05) is 6.54 Å². The predicted molar refractivity (Wildman–Crippen MR) is 90.2 cm³/mol. The molecule has 126 valence electrons. The zero-order chi connectivity index (χ0) is 17.3. The number of primary sulfonamides is 1. The van der Waals surface area contributed by atoms with Gasteiger partial charge in [-0.15, -0.1) is 0 Å². The van der Waals surface area contributed by atoms with Gasteiger partial charge in [-0.05, 0) is 36.1 Å². The Morgan fingerprint density at radius 2 is 1.96 bits per heavy atom. The van der Waals surface area contributed by atoms with E-state index in [2.05, 4.69) is 0 Å². The zero-order valence-corrected chi connectivity index (χ0v) is 14.0. The van der Waals surface area contributed by atoms with Crippen molar-refractivity contribution in [2.75, 3.05) is 11.4 Å². The maximum atomic E-state index is 12.4. The van der Waals surface area contributed by atoms with Gasteiger partial charge < -0.3 is 4.74 Å². The first kappa shape index (κ1) is 16.5. The van der Waals surface area contributed by atoms with Gasteiger partial charge in [0.05, 0.1) is 5.69 Å². The SMILES string of the molecule is Cc1cc2c(c(S(N)(=O)=O)c1)N(C(=O)OCc1ccccc1)CC2. The van der Waals surface area contributed by atoms with Crippen molar-refractivity contribution >= 4 is 21.8 Å². The molecule has 0 bridgehead atoms. The van der Waals surface area contributed by atoms with Crippen LogP contribution in [0.3, 0.4) is 0 Å². The second-order valence-corrected chi connectivity index (χ2v) is 7.29. The van der Waals surface area contributed by atoms with Crippen molar-refractivity contribution in [3.05, 3.63) is 59.2 Å². The van der Waals surface area contributed by atoms with Gasteiger partial charge in [-0.1, -0.05) is 36.4 Å². The van der Waals surface area contributed by atoms with E-state index in [1.54, 1.807) is 6.92 Å². The highest BCUT2D eigenvalue weighted by Crippen LogP contribution is 2.35. The first-order valence-corrected chi connectivity index (χ1v) is 9.05. The summed E-state index contributed by atoms with van der Waals surface area (Å²) < 4.78 is 29.1. The number of anilines is 1. The number of hydrogen-bond donors (Lipinski definition) is 1. The van der Waals surface area contributed by atoms with Gasteiger partial charge >= 0.3 is 6.09 Å². The van der Waals surface area contributed by atoms with Gasteiger partial charge in [-0.25, -0.2) is 18.4 Å². The van der Waals surface area contributed by atoms with Crippen molar-refractivity contribution < 1.29 is 17.9 Å². The van der Waals surface area contributed by atoms with Crippen LogP contribution in [0.25, 0.3) is 0 Å². The van der Waals surface area contributed by atoms with Crippen molar-refractivity contribution in [2.45, 2.75) is 24.8 Å². The molecule has 0 saturated carbocycles. The third-order valence-electron chi connectivity index (χ3n) is 3.90. The molecule has 1 aliphatic heterocycles. The summed E-state index contributed by atoms with van der Waals surface area (Å²) in [6, 6.07) is 12.6. The molecule has 1 heterocycles. The molecule has 0 fully saturated rings. The molecule has 1 amide bonds. The van der Waals surface area contributed by atoms with E-state index in [0.29, 0.717) is 18.7 Å². The van der Waals surface area contributed by atoms with Crippen LogP contribution in [0.15, 0.2) is 47.4 Å². The van der Waals surface area contributed by atoms with Crippen LogP contribution in [0, 0.1) is 6.92 Å². The molecule has 6 nitrogen and oxygen atoms in total. The van der Waals surface area contributed by atoms with E-state index in [1.165, 1.54) is 11.0 Å². The Hall–Kier alpha value is -2.38. The summed E-state index contributed by atoms with van der Waals surface area (Å²) in [6.07, 6.45) is -0.00803. The van der Waals surface area contributed by atoms with E-state index < -0.39 is 16.1 Å². The minimum atomic E-state index is -3.93. The lowest BCUT2D eigenvalue weighted by Crippen LogP contribution is -2.31. The van der Waals surface area contributed by atoms with E-state index in [-0.39, 0.29) is 11.5 Å². The predicted octanol–water partition coefficient (Wildman–Crippen LogP) is 2.34. The fourth-order valence-corrected chi connectivity index (χ4v) is 3.72. The lowest BCUT2D eigenvalue weighted by molar-refractivity contribution is 0.147. The summed E-state index contributed by atoms with van der Waals surface area (Å²) in [5.74, 6) is 0. The van der Waals surface area contributed by atoms with Crippen LogP contribution >= 0.6 is 0 Å². The maximum Gasteiger partial charge on any atom is 0.414 e. The molecular formula is C17H18N2O4S. The number of ether oxygens (including phenoxy) is 1. The Kier molecular flexibility index (Phi) is 4.29. The number of carbonyl (C=O) groups is 1. The van der Waals surface area contributed by atoms with Crippen molar-refractivity contribution in [3.63, 3.8) is 0 Å². The Morgan fingerprint density at radius 3 is 2.62 bits per heavy atom. The molecule has 0 radical (unpaired) electrons. The van der Waals surface area contributed by atoms with Crippen LogP contribution in [0.5, 0.6) is 0 Å². The highest BCUT2D eigenvalue weighted by molar-refractivity contribution is 7.89. The number of rotatable bonds is 3. The monoisotopic (exact) mass is 346 g/mol. The average molecular weight is 346 g/mol. The maximum absolute atomic E-state index is 12.4. The summed E-state index contributed by atoms with van der Waals surface area (Å²) in [6.45, 7) is 2.29. The topological polar surface area (TPSA) is 89.7 Å². The smallest absolute Gasteiger partial charge is 0.414 e. The van der Waals surface area contributed by atoms with Crippen LogP contribution in [-0.2, 0) is 27.8 Å². The molecule has 3 rings (SSSR count). The minimum absolute atomic E-state index is 0.0355. The van der Waals surface area contributed by atoms with Crippen LogP contribution < -0.4 is 10.0 Å². The number of aryl methyl sites for hydroxylation is 1. The average Bonchev–Trinajstić information content (AvgIpc) is 2.95. The summed E-state index contributed by atoms with van der Waals surface area (Å²) in [7, 11) is -3.93. The molecule has 2 aromatic carbocycles. The van der Waals surface area contributed by atoms with Crippen LogP contribution in [-0.4, -0.2) is 21.1 Å². The molecule has 0 atom stereocenters. The molecule has 0 aliphatic carbocycles. The van der Waals surface area contributed by atoms with Crippen molar-refractivity contribution in [3.8, 4) is 0 Å². The van der Waals surface area contributed by atoms with Gasteiger partial charge in [-0.3, -0.25) is 4.90 Å². The fraction of sp³-hybridized carbons (Fsp3) is 0.235. The van der Waals surface area contributed by atoms with E-state index in [1.807, 2.05) is 36.4 Å². The summed E-state index contributed by atoms with van der Waals surface area (Å²) in [5.41, 5.74) is 2.77. The number of amides is 1. The first-order valence-electron chi connectivity index (χ1n) is 7.51. The quantitative estimate of drug-likeness (QED) is 0.924. The van der Waals surface area contributed by atoms with Gasteiger partial charge in [0.25, 0.3) is 0 Å². The molecule has 0 unspecified atom stereocenters. The standard InChI is InChI=1S/C17H18N2O4S/c1-12-9-14-7-8-19(16(14)15(10-12)24(18,21)22)17(20)23-11-13-5-3-2-4-6-13/h2-6,9-10H,7-8,11H2,1H3,(H2,18,21,22). The van der Waals surface area contributed by atoms with Crippen molar-refractivity contribution in [1.29, 1.82) is 0 Å². The van der Waals surface area contributed by atoms with E-state index in [9.17, 15) is 13.2 Å². The summed E-state index contributed by atoms with van der Waals surface area (Å²) in [5, 5.41) is 5.32. The second-order valence-electron chi connectivity index (χ2n) is 5.76. The highest BCUT2D eigenvalue weighted by Gasteiger charge is 2.32. The van der Waals surface area contributed by atoms with Gasteiger partial charge in [-0.2, -0.15) is 0 Å². The fourth-order valence-electron chi connectivity index (χ4n) is 2.86. The van der Waals surface area contributed by atoms with Crippen LogP contribution in [0.1, 0.15) is 16.7 Å². The highest BCUT2D eigenvalue weighted by atomic mass is 32.2. The Bertz CT molecular complexity index is 879.